The maximum Gasteiger partial charge on any atom is 0.341 e. The molecular formula is C17H20N2O2. The molecule has 1 aromatic carbocycles. The Balaban J connectivity index is 2.15. The Morgan fingerprint density at radius 2 is 2.24 bits per heavy atom. The van der Waals surface area contributed by atoms with Crippen LogP contribution in [-0.2, 0) is 4.74 Å². The number of esters is 1. The van der Waals surface area contributed by atoms with Gasteiger partial charge < -0.3 is 9.64 Å². The second-order valence-corrected chi connectivity index (χ2v) is 5.60. The van der Waals surface area contributed by atoms with Gasteiger partial charge in [-0.15, -0.1) is 0 Å². The fourth-order valence-electron chi connectivity index (χ4n) is 2.96. The normalized spacial score (nSPS) is 18.2. The van der Waals surface area contributed by atoms with E-state index < -0.39 is 0 Å². The molecule has 1 aliphatic rings. The highest BCUT2D eigenvalue weighted by molar-refractivity contribution is 6.05. The Morgan fingerprint density at radius 3 is 2.95 bits per heavy atom. The summed E-state index contributed by atoms with van der Waals surface area (Å²) in [4.78, 5) is 19.0. The lowest BCUT2D eigenvalue weighted by molar-refractivity contribution is 0.0527. The van der Waals surface area contributed by atoms with Crippen LogP contribution in [0.5, 0.6) is 0 Å². The van der Waals surface area contributed by atoms with E-state index in [4.69, 9.17) is 4.74 Å². The molecule has 1 aliphatic heterocycles. The highest BCUT2D eigenvalue weighted by Crippen LogP contribution is 2.33. The van der Waals surface area contributed by atoms with Gasteiger partial charge in [-0.2, -0.15) is 0 Å². The molecule has 1 atom stereocenters. The van der Waals surface area contributed by atoms with Crippen LogP contribution in [0.25, 0.3) is 10.9 Å². The van der Waals surface area contributed by atoms with Crippen molar-refractivity contribution in [1.29, 1.82) is 0 Å². The first-order chi connectivity index (χ1) is 10.2. The van der Waals surface area contributed by atoms with Gasteiger partial charge in [-0.3, -0.25) is 4.98 Å². The van der Waals surface area contributed by atoms with Crippen LogP contribution < -0.4 is 4.90 Å². The van der Waals surface area contributed by atoms with Crippen LogP contribution in [0.4, 0.5) is 5.69 Å². The molecule has 0 amide bonds. The minimum absolute atomic E-state index is 0.287. The molecule has 21 heavy (non-hydrogen) atoms. The summed E-state index contributed by atoms with van der Waals surface area (Å²) in [6.07, 6.45) is 2.80. The summed E-state index contributed by atoms with van der Waals surface area (Å²) in [5.74, 6) is 0.359. The Bertz CT molecular complexity index is 669. The third-order valence-corrected chi connectivity index (χ3v) is 3.98. The summed E-state index contributed by atoms with van der Waals surface area (Å²) in [5, 5.41) is 1.03. The predicted molar refractivity (Wildman–Crippen MR) is 83.7 cm³/mol. The second kappa shape index (κ2) is 5.72. The van der Waals surface area contributed by atoms with Gasteiger partial charge in [0.2, 0.25) is 0 Å². The number of carbonyl (C=O) groups is 1. The van der Waals surface area contributed by atoms with Gasteiger partial charge in [0.1, 0.15) is 5.56 Å². The van der Waals surface area contributed by atoms with Crippen molar-refractivity contribution in [3.05, 3.63) is 36.0 Å². The van der Waals surface area contributed by atoms with Gasteiger partial charge in [0.25, 0.3) is 0 Å². The van der Waals surface area contributed by atoms with Crippen LogP contribution in [0.1, 0.15) is 30.6 Å². The average Bonchev–Trinajstić information content (AvgIpc) is 2.92. The first-order valence-corrected chi connectivity index (χ1v) is 7.50. The SMILES string of the molecule is CCOC(=O)c1cnc2ccccc2c1N1CCC(C)C1. The number of ether oxygens (including phenoxy) is 1. The molecule has 2 heterocycles. The molecule has 1 aromatic heterocycles. The van der Waals surface area contributed by atoms with Crippen molar-refractivity contribution >= 4 is 22.6 Å². The van der Waals surface area contributed by atoms with Crippen LogP contribution >= 0.6 is 0 Å². The van der Waals surface area contributed by atoms with Gasteiger partial charge >= 0.3 is 5.97 Å². The van der Waals surface area contributed by atoms with E-state index in [9.17, 15) is 4.79 Å². The van der Waals surface area contributed by atoms with Crippen molar-refractivity contribution in [3.63, 3.8) is 0 Å². The molecule has 110 valence electrons. The highest BCUT2D eigenvalue weighted by atomic mass is 16.5. The minimum Gasteiger partial charge on any atom is -0.462 e. The fraction of sp³-hybridized carbons (Fsp3) is 0.412. The van der Waals surface area contributed by atoms with Gasteiger partial charge in [-0.1, -0.05) is 25.1 Å². The summed E-state index contributed by atoms with van der Waals surface area (Å²) in [6.45, 7) is 6.39. The molecule has 1 saturated heterocycles. The van der Waals surface area contributed by atoms with E-state index in [1.54, 1.807) is 6.20 Å². The summed E-state index contributed by atoms with van der Waals surface area (Å²) >= 11 is 0. The molecule has 0 N–H and O–H groups in total. The number of nitrogens with zero attached hydrogens (tertiary/aromatic N) is 2. The lowest BCUT2D eigenvalue weighted by Crippen LogP contribution is -2.23. The van der Waals surface area contributed by atoms with E-state index in [1.165, 1.54) is 0 Å². The van der Waals surface area contributed by atoms with E-state index in [0.29, 0.717) is 18.1 Å². The molecule has 2 aromatic rings. The van der Waals surface area contributed by atoms with Gasteiger partial charge in [0.15, 0.2) is 0 Å². The average molecular weight is 284 g/mol. The van der Waals surface area contributed by atoms with E-state index in [2.05, 4.69) is 16.8 Å². The summed E-state index contributed by atoms with van der Waals surface area (Å²) in [7, 11) is 0. The van der Waals surface area contributed by atoms with Gasteiger partial charge in [-0.25, -0.2) is 4.79 Å². The number of rotatable bonds is 3. The molecule has 1 fully saturated rings. The third kappa shape index (κ3) is 2.58. The van der Waals surface area contributed by atoms with Crippen LogP contribution in [0, 0.1) is 5.92 Å². The van der Waals surface area contributed by atoms with Crippen molar-refractivity contribution < 1.29 is 9.53 Å². The van der Waals surface area contributed by atoms with Gasteiger partial charge in [-0.05, 0) is 25.3 Å². The quantitative estimate of drug-likeness (QED) is 0.811. The summed E-state index contributed by atoms with van der Waals surface area (Å²) in [5.41, 5.74) is 2.47. The van der Waals surface area contributed by atoms with E-state index in [1.807, 2.05) is 31.2 Å². The van der Waals surface area contributed by atoms with Crippen molar-refractivity contribution in [1.82, 2.24) is 4.98 Å². The zero-order chi connectivity index (χ0) is 14.8. The minimum atomic E-state index is -0.287. The number of pyridine rings is 1. The Morgan fingerprint density at radius 1 is 1.43 bits per heavy atom. The van der Waals surface area contributed by atoms with Crippen molar-refractivity contribution in [2.45, 2.75) is 20.3 Å². The molecule has 1 unspecified atom stereocenters. The zero-order valence-electron chi connectivity index (χ0n) is 12.5. The van der Waals surface area contributed by atoms with E-state index in [-0.39, 0.29) is 5.97 Å². The Labute approximate surface area is 124 Å². The summed E-state index contributed by atoms with van der Waals surface area (Å²) in [6, 6.07) is 7.97. The number of para-hydroxylation sites is 1. The molecule has 0 aliphatic carbocycles. The number of hydrogen-bond acceptors (Lipinski definition) is 4. The first kappa shape index (κ1) is 13.9. The lowest BCUT2D eigenvalue weighted by Gasteiger charge is -2.22. The molecule has 0 radical (unpaired) electrons. The second-order valence-electron chi connectivity index (χ2n) is 5.60. The molecule has 3 rings (SSSR count). The maximum atomic E-state index is 12.3. The Kier molecular flexibility index (Phi) is 3.78. The van der Waals surface area contributed by atoms with Crippen molar-refractivity contribution in [3.8, 4) is 0 Å². The van der Waals surface area contributed by atoms with E-state index in [0.717, 1.165) is 36.1 Å². The number of carbonyl (C=O) groups excluding carboxylic acids is 1. The van der Waals surface area contributed by atoms with Crippen LogP contribution in [0.15, 0.2) is 30.5 Å². The number of anilines is 1. The zero-order valence-corrected chi connectivity index (χ0v) is 12.5. The topological polar surface area (TPSA) is 42.4 Å². The number of hydrogen-bond donors (Lipinski definition) is 0. The smallest absolute Gasteiger partial charge is 0.341 e. The number of aromatic nitrogens is 1. The van der Waals surface area contributed by atoms with E-state index >= 15 is 0 Å². The molecule has 4 nitrogen and oxygen atoms in total. The molecule has 0 bridgehead atoms. The standard InChI is InChI=1S/C17H20N2O2/c1-3-21-17(20)14-10-18-15-7-5-4-6-13(15)16(14)19-9-8-12(2)11-19/h4-7,10,12H,3,8-9,11H2,1-2H3. The van der Waals surface area contributed by atoms with Crippen LogP contribution in [0.3, 0.4) is 0 Å². The third-order valence-electron chi connectivity index (χ3n) is 3.98. The number of fused-ring (bicyclic) bond motifs is 1. The van der Waals surface area contributed by atoms with Gasteiger partial charge in [0.05, 0.1) is 17.8 Å². The van der Waals surface area contributed by atoms with Gasteiger partial charge in [0, 0.05) is 24.7 Å². The number of benzene rings is 1. The van der Waals surface area contributed by atoms with Crippen molar-refractivity contribution in [2.75, 3.05) is 24.6 Å². The fourth-order valence-corrected chi connectivity index (χ4v) is 2.96. The predicted octanol–water partition coefficient (Wildman–Crippen LogP) is 3.26. The molecular weight excluding hydrogens is 264 g/mol. The Hall–Kier alpha value is -2.10. The largest absolute Gasteiger partial charge is 0.462 e. The van der Waals surface area contributed by atoms with Crippen LogP contribution in [-0.4, -0.2) is 30.6 Å². The first-order valence-electron chi connectivity index (χ1n) is 7.50. The van der Waals surface area contributed by atoms with Crippen LogP contribution in [0.2, 0.25) is 0 Å². The molecule has 4 heteroatoms. The maximum absolute atomic E-state index is 12.3. The molecule has 0 spiro atoms. The monoisotopic (exact) mass is 284 g/mol. The highest BCUT2D eigenvalue weighted by Gasteiger charge is 2.26. The lowest BCUT2D eigenvalue weighted by atomic mass is 10.1. The summed E-state index contributed by atoms with van der Waals surface area (Å²) < 4.78 is 5.20. The van der Waals surface area contributed by atoms with Crippen molar-refractivity contribution in [2.24, 2.45) is 5.92 Å². The molecule has 0 saturated carbocycles.